The van der Waals surface area contributed by atoms with E-state index >= 15 is 0 Å². The predicted molar refractivity (Wildman–Crippen MR) is 165 cm³/mol. The molecule has 1 aliphatic rings. The van der Waals surface area contributed by atoms with Gasteiger partial charge in [0, 0.05) is 11.1 Å². The van der Waals surface area contributed by atoms with E-state index in [1.54, 1.807) is 25.1 Å². The van der Waals surface area contributed by atoms with Crippen LogP contribution in [0.25, 0.3) is 11.8 Å². The smallest absolute Gasteiger partial charge is 0.338 e. The normalized spacial score (nSPS) is 14.7. The first-order valence-corrected chi connectivity index (χ1v) is 14.6. The van der Waals surface area contributed by atoms with Gasteiger partial charge in [-0.2, -0.15) is 0 Å². The number of carbonyl (C=O) groups is 1. The summed E-state index contributed by atoms with van der Waals surface area (Å²) in [5, 5.41) is 0. The third-order valence-corrected chi connectivity index (χ3v) is 7.99. The summed E-state index contributed by atoms with van der Waals surface area (Å²) in [4.78, 5) is 32.9. The summed E-state index contributed by atoms with van der Waals surface area (Å²) < 4.78 is 27.5. The molecule has 0 saturated heterocycles. The summed E-state index contributed by atoms with van der Waals surface area (Å²) in [6.07, 6.45) is 1.78. The topological polar surface area (TPSA) is 69.9 Å². The number of benzene rings is 4. The number of rotatable bonds is 8. The standard InChI is InChI=1S/C35H27FN2O4S/c1-2-41-34(40)30-31(24-13-7-4-8-14-24)37-35-38(32(30)25-17-19-27(36)20-18-25)33(39)29(43-35)21-26-15-9-10-16-28(26)42-22-23-11-5-3-6-12-23/h3-21,32H,2,22H2,1H3/b29-21+. The molecule has 43 heavy (non-hydrogen) atoms. The number of para-hydroxylation sites is 1. The van der Waals surface area contributed by atoms with Crippen LogP contribution >= 0.6 is 11.3 Å². The van der Waals surface area contributed by atoms with E-state index < -0.39 is 17.8 Å². The van der Waals surface area contributed by atoms with Gasteiger partial charge in [0.15, 0.2) is 4.80 Å². The fraction of sp³-hybridized carbons (Fsp3) is 0.114. The van der Waals surface area contributed by atoms with E-state index in [2.05, 4.69) is 0 Å². The van der Waals surface area contributed by atoms with Gasteiger partial charge >= 0.3 is 5.97 Å². The molecule has 1 atom stereocenters. The lowest BCUT2D eigenvalue weighted by molar-refractivity contribution is -0.138. The Bertz CT molecular complexity index is 1980. The van der Waals surface area contributed by atoms with Crippen molar-refractivity contribution in [3.8, 4) is 5.75 Å². The van der Waals surface area contributed by atoms with Crippen LogP contribution in [0.2, 0.25) is 0 Å². The van der Waals surface area contributed by atoms with E-state index in [0.717, 1.165) is 11.1 Å². The van der Waals surface area contributed by atoms with Crippen LogP contribution in [0.15, 0.2) is 125 Å². The summed E-state index contributed by atoms with van der Waals surface area (Å²) >= 11 is 1.22. The molecule has 1 unspecified atom stereocenters. The summed E-state index contributed by atoms with van der Waals surface area (Å²) in [6.45, 7) is 2.24. The number of esters is 1. The average molecular weight is 591 g/mol. The lowest BCUT2D eigenvalue weighted by Crippen LogP contribution is -2.40. The van der Waals surface area contributed by atoms with E-state index in [1.807, 2.05) is 84.9 Å². The number of aromatic nitrogens is 1. The van der Waals surface area contributed by atoms with Crippen molar-refractivity contribution in [1.82, 2.24) is 4.57 Å². The maximum atomic E-state index is 14.1. The van der Waals surface area contributed by atoms with Gasteiger partial charge in [-0.15, -0.1) is 0 Å². The molecular formula is C35H27FN2O4S. The first kappa shape index (κ1) is 28.1. The van der Waals surface area contributed by atoms with Crippen molar-refractivity contribution in [2.75, 3.05) is 6.61 Å². The molecular weight excluding hydrogens is 563 g/mol. The quantitative estimate of drug-likeness (QED) is 0.219. The molecule has 8 heteroatoms. The Labute approximate surface area is 251 Å². The average Bonchev–Trinajstić information content (AvgIpc) is 3.35. The molecule has 0 fully saturated rings. The number of halogens is 1. The number of fused-ring (bicyclic) bond motifs is 1. The molecule has 0 saturated carbocycles. The van der Waals surface area contributed by atoms with Crippen molar-refractivity contribution in [2.24, 2.45) is 4.99 Å². The highest BCUT2D eigenvalue weighted by Gasteiger charge is 2.35. The van der Waals surface area contributed by atoms with E-state index in [9.17, 15) is 14.0 Å². The van der Waals surface area contributed by atoms with Crippen LogP contribution in [-0.4, -0.2) is 17.1 Å². The third-order valence-electron chi connectivity index (χ3n) is 7.00. The molecule has 0 N–H and O–H groups in total. The number of thiazole rings is 1. The van der Waals surface area contributed by atoms with Gasteiger partial charge < -0.3 is 9.47 Å². The molecule has 0 bridgehead atoms. The fourth-order valence-corrected chi connectivity index (χ4v) is 6.00. The molecule has 0 aliphatic carbocycles. The summed E-state index contributed by atoms with van der Waals surface area (Å²) in [7, 11) is 0. The van der Waals surface area contributed by atoms with Gasteiger partial charge in [-0.1, -0.05) is 102 Å². The van der Waals surface area contributed by atoms with Gasteiger partial charge in [0.25, 0.3) is 5.56 Å². The van der Waals surface area contributed by atoms with Crippen LogP contribution in [-0.2, 0) is 16.1 Å². The molecule has 1 aliphatic heterocycles. The van der Waals surface area contributed by atoms with Crippen LogP contribution in [0.4, 0.5) is 4.39 Å². The zero-order chi connectivity index (χ0) is 29.8. The van der Waals surface area contributed by atoms with Crippen LogP contribution in [0, 0.1) is 5.82 Å². The first-order chi connectivity index (χ1) is 21.0. The maximum Gasteiger partial charge on any atom is 0.338 e. The molecule has 4 aromatic carbocycles. The molecule has 0 radical (unpaired) electrons. The Morgan fingerprint density at radius 1 is 0.930 bits per heavy atom. The molecule has 6 nitrogen and oxygen atoms in total. The molecule has 2 heterocycles. The zero-order valence-electron chi connectivity index (χ0n) is 23.3. The van der Waals surface area contributed by atoms with E-state index in [-0.39, 0.29) is 17.7 Å². The number of carbonyl (C=O) groups excluding carboxylic acids is 1. The largest absolute Gasteiger partial charge is 0.488 e. The van der Waals surface area contributed by atoms with Gasteiger partial charge in [-0.3, -0.25) is 9.36 Å². The lowest BCUT2D eigenvalue weighted by Gasteiger charge is -2.25. The lowest BCUT2D eigenvalue weighted by atomic mass is 9.93. The molecule has 6 rings (SSSR count). The summed E-state index contributed by atoms with van der Waals surface area (Å²) in [5.74, 6) is -0.383. The monoisotopic (exact) mass is 590 g/mol. The Hall–Kier alpha value is -5.08. The minimum Gasteiger partial charge on any atom is -0.488 e. The second kappa shape index (κ2) is 12.4. The van der Waals surface area contributed by atoms with E-state index in [1.165, 1.54) is 28.0 Å². The molecule has 0 amide bonds. The van der Waals surface area contributed by atoms with Crippen molar-refractivity contribution in [3.63, 3.8) is 0 Å². The highest BCUT2D eigenvalue weighted by molar-refractivity contribution is 7.07. The number of hydrogen-bond acceptors (Lipinski definition) is 6. The van der Waals surface area contributed by atoms with E-state index in [4.69, 9.17) is 14.5 Å². The van der Waals surface area contributed by atoms with Crippen LogP contribution in [0.3, 0.4) is 0 Å². The minimum absolute atomic E-state index is 0.144. The summed E-state index contributed by atoms with van der Waals surface area (Å²) in [5.41, 5.74) is 3.32. The first-order valence-electron chi connectivity index (χ1n) is 13.8. The van der Waals surface area contributed by atoms with Crippen molar-refractivity contribution < 1.29 is 18.7 Å². The maximum absolute atomic E-state index is 14.1. The van der Waals surface area contributed by atoms with Gasteiger partial charge in [-0.05, 0) is 42.3 Å². The number of nitrogens with zero attached hydrogens (tertiary/aromatic N) is 2. The van der Waals surface area contributed by atoms with Gasteiger partial charge in [-0.25, -0.2) is 14.2 Å². The van der Waals surface area contributed by atoms with Gasteiger partial charge in [0.1, 0.15) is 18.2 Å². The third kappa shape index (κ3) is 5.82. The Morgan fingerprint density at radius 3 is 2.33 bits per heavy atom. The van der Waals surface area contributed by atoms with Crippen LogP contribution in [0.5, 0.6) is 5.75 Å². The van der Waals surface area contributed by atoms with Gasteiger partial charge in [0.2, 0.25) is 0 Å². The van der Waals surface area contributed by atoms with Crippen molar-refractivity contribution in [3.05, 3.63) is 163 Å². The SMILES string of the molecule is CCOC(=O)C1=C(c2ccccc2)N=c2s/c(=C/c3ccccc3OCc3ccccc3)c(=O)n2C1c1ccc(F)cc1. The highest BCUT2D eigenvalue weighted by Crippen LogP contribution is 2.35. The van der Waals surface area contributed by atoms with Crippen molar-refractivity contribution in [2.45, 2.75) is 19.6 Å². The second-order valence-electron chi connectivity index (χ2n) is 9.80. The minimum atomic E-state index is -0.877. The molecule has 1 aromatic heterocycles. The zero-order valence-corrected chi connectivity index (χ0v) is 24.1. The van der Waals surface area contributed by atoms with Crippen molar-refractivity contribution >= 4 is 29.1 Å². The Kier molecular flexibility index (Phi) is 8.11. The van der Waals surface area contributed by atoms with E-state index in [0.29, 0.717) is 38.5 Å². The second-order valence-corrected chi connectivity index (χ2v) is 10.8. The highest BCUT2D eigenvalue weighted by atomic mass is 32.1. The fourth-order valence-electron chi connectivity index (χ4n) is 5.01. The number of ether oxygens (including phenoxy) is 2. The van der Waals surface area contributed by atoms with Crippen LogP contribution in [0.1, 0.15) is 35.2 Å². The van der Waals surface area contributed by atoms with Crippen molar-refractivity contribution in [1.29, 1.82) is 0 Å². The molecule has 0 spiro atoms. The molecule has 5 aromatic rings. The molecule has 214 valence electrons. The van der Waals surface area contributed by atoms with Gasteiger partial charge in [0.05, 0.1) is 28.5 Å². The Morgan fingerprint density at radius 2 is 1.60 bits per heavy atom. The Balaban J connectivity index is 1.53. The summed E-state index contributed by atoms with van der Waals surface area (Å²) in [6, 6.07) is 31.6. The van der Waals surface area contributed by atoms with Crippen LogP contribution < -0.4 is 19.6 Å². The number of hydrogen-bond donors (Lipinski definition) is 0. The predicted octanol–water partition coefficient (Wildman–Crippen LogP) is 5.65.